The summed E-state index contributed by atoms with van der Waals surface area (Å²) in [5.74, 6) is -0.313. The molecule has 7 heteroatoms. The van der Waals surface area contributed by atoms with E-state index < -0.39 is 5.63 Å². The highest BCUT2D eigenvalue weighted by Gasteiger charge is 2.17. The molecule has 3 aromatic heterocycles. The molecule has 0 saturated heterocycles. The Bertz CT molecular complexity index is 1090. The summed E-state index contributed by atoms with van der Waals surface area (Å²) < 4.78 is 20.8. The largest absolute Gasteiger partial charge is 0.403 e. The smallest absolute Gasteiger partial charge is 0.337 e. The van der Waals surface area contributed by atoms with E-state index in [2.05, 4.69) is 10.1 Å². The Hall–Kier alpha value is -2.54. The molecular formula is C15H10FN3O2S. The normalized spacial score (nSPS) is 11.6. The summed E-state index contributed by atoms with van der Waals surface area (Å²) in [7, 11) is 0. The first kappa shape index (κ1) is 13.1. The van der Waals surface area contributed by atoms with E-state index in [1.54, 1.807) is 6.07 Å². The second kappa shape index (κ2) is 4.48. The molecule has 0 bridgehead atoms. The molecule has 0 aliphatic heterocycles. The quantitative estimate of drug-likeness (QED) is 0.540. The van der Waals surface area contributed by atoms with Crippen LogP contribution in [0.25, 0.3) is 26.4 Å². The molecule has 0 fully saturated rings. The maximum Gasteiger partial charge on any atom is 0.337 e. The van der Waals surface area contributed by atoms with Crippen LogP contribution in [0.2, 0.25) is 0 Å². The predicted molar refractivity (Wildman–Crippen MR) is 82.2 cm³/mol. The summed E-state index contributed by atoms with van der Waals surface area (Å²) in [6.07, 6.45) is 0. The van der Waals surface area contributed by atoms with Gasteiger partial charge in [0.15, 0.2) is 0 Å². The van der Waals surface area contributed by atoms with Crippen molar-refractivity contribution in [3.8, 4) is 5.13 Å². The molecule has 0 spiro atoms. The Labute approximate surface area is 127 Å². The van der Waals surface area contributed by atoms with Crippen molar-refractivity contribution in [2.75, 3.05) is 0 Å². The van der Waals surface area contributed by atoms with Gasteiger partial charge in [0.1, 0.15) is 5.82 Å². The molecule has 22 heavy (non-hydrogen) atoms. The van der Waals surface area contributed by atoms with E-state index in [4.69, 9.17) is 4.42 Å². The fourth-order valence-electron chi connectivity index (χ4n) is 2.53. The minimum Gasteiger partial charge on any atom is -0.403 e. The predicted octanol–water partition coefficient (Wildman–Crippen LogP) is 3.34. The lowest BCUT2D eigenvalue weighted by Gasteiger charge is -1.97. The molecule has 0 N–H and O–H groups in total. The maximum atomic E-state index is 13.3. The molecule has 4 rings (SSSR count). The number of benzene rings is 1. The van der Waals surface area contributed by atoms with Gasteiger partial charge in [-0.15, -0.1) is 0 Å². The van der Waals surface area contributed by atoms with Crippen molar-refractivity contribution in [1.29, 1.82) is 0 Å². The third-order valence-electron chi connectivity index (χ3n) is 3.46. The molecule has 0 aliphatic rings. The lowest BCUT2D eigenvalue weighted by Crippen LogP contribution is -2.01. The number of aryl methyl sites for hydroxylation is 2. The van der Waals surface area contributed by atoms with Gasteiger partial charge in [-0.1, -0.05) is 11.3 Å². The van der Waals surface area contributed by atoms with Crippen LogP contribution < -0.4 is 5.63 Å². The summed E-state index contributed by atoms with van der Waals surface area (Å²) in [6, 6.07) is 5.85. The van der Waals surface area contributed by atoms with Crippen molar-refractivity contribution in [2.45, 2.75) is 13.8 Å². The molecule has 0 unspecified atom stereocenters. The molecule has 4 aromatic rings. The van der Waals surface area contributed by atoms with Gasteiger partial charge in [0.25, 0.3) is 0 Å². The monoisotopic (exact) mass is 315 g/mol. The number of hydrogen-bond acceptors (Lipinski definition) is 5. The average molecular weight is 315 g/mol. The molecule has 0 amide bonds. The number of rotatable bonds is 1. The van der Waals surface area contributed by atoms with Gasteiger partial charge >= 0.3 is 5.63 Å². The number of thiazole rings is 1. The first-order valence-corrected chi connectivity index (χ1v) is 7.41. The highest BCUT2D eigenvalue weighted by Crippen LogP contribution is 2.29. The SMILES string of the molecule is Cc1cc(=O)oc2c1c(C)nn2-c1nc2ccc(F)cc2s1. The molecule has 1 aromatic carbocycles. The Balaban J connectivity index is 2.05. The third-order valence-corrected chi connectivity index (χ3v) is 4.46. The van der Waals surface area contributed by atoms with Gasteiger partial charge in [-0.05, 0) is 37.6 Å². The van der Waals surface area contributed by atoms with Gasteiger partial charge in [-0.25, -0.2) is 14.2 Å². The summed E-state index contributed by atoms with van der Waals surface area (Å²) in [5.41, 5.74) is 2.17. The zero-order valence-corrected chi connectivity index (χ0v) is 12.6. The molecule has 0 radical (unpaired) electrons. The highest BCUT2D eigenvalue weighted by atomic mass is 32.1. The summed E-state index contributed by atoms with van der Waals surface area (Å²) >= 11 is 1.29. The molecule has 0 saturated carbocycles. The van der Waals surface area contributed by atoms with Crippen LogP contribution >= 0.6 is 11.3 Å². The van der Waals surface area contributed by atoms with Crippen molar-refractivity contribution in [3.05, 3.63) is 51.8 Å². The lowest BCUT2D eigenvalue weighted by atomic mass is 10.2. The number of halogens is 1. The first-order chi connectivity index (χ1) is 10.5. The summed E-state index contributed by atoms with van der Waals surface area (Å²) in [6.45, 7) is 3.69. The van der Waals surface area contributed by atoms with Gasteiger partial charge in [0, 0.05) is 6.07 Å². The van der Waals surface area contributed by atoms with E-state index in [1.165, 1.54) is 34.2 Å². The van der Waals surface area contributed by atoms with Gasteiger partial charge in [-0.3, -0.25) is 0 Å². The molecule has 0 atom stereocenters. The number of nitrogens with zero attached hydrogens (tertiary/aromatic N) is 3. The Morgan fingerprint density at radius 1 is 1.27 bits per heavy atom. The molecule has 3 heterocycles. The molecular weight excluding hydrogens is 305 g/mol. The second-order valence-corrected chi connectivity index (χ2v) is 6.04. The van der Waals surface area contributed by atoms with E-state index in [0.717, 1.165) is 16.6 Å². The van der Waals surface area contributed by atoms with Crippen LogP contribution in [0.15, 0.2) is 33.5 Å². The highest BCUT2D eigenvalue weighted by molar-refractivity contribution is 7.20. The first-order valence-electron chi connectivity index (χ1n) is 6.59. The van der Waals surface area contributed by atoms with Crippen molar-refractivity contribution >= 4 is 32.7 Å². The zero-order chi connectivity index (χ0) is 15.4. The third kappa shape index (κ3) is 1.86. The van der Waals surface area contributed by atoms with E-state index in [1.807, 2.05) is 13.8 Å². The van der Waals surface area contributed by atoms with E-state index in [-0.39, 0.29) is 5.82 Å². The van der Waals surface area contributed by atoms with E-state index in [0.29, 0.717) is 21.1 Å². The molecule has 110 valence electrons. The van der Waals surface area contributed by atoms with Crippen molar-refractivity contribution in [1.82, 2.24) is 14.8 Å². The van der Waals surface area contributed by atoms with Gasteiger partial charge < -0.3 is 4.42 Å². The van der Waals surface area contributed by atoms with Crippen LogP contribution in [-0.4, -0.2) is 14.8 Å². The molecule has 0 aliphatic carbocycles. The topological polar surface area (TPSA) is 60.9 Å². The summed E-state index contributed by atoms with van der Waals surface area (Å²) in [5, 5.41) is 5.75. The van der Waals surface area contributed by atoms with Crippen molar-refractivity contribution in [2.24, 2.45) is 0 Å². The van der Waals surface area contributed by atoms with Crippen LogP contribution in [0.5, 0.6) is 0 Å². The maximum absolute atomic E-state index is 13.3. The molecule has 5 nitrogen and oxygen atoms in total. The zero-order valence-electron chi connectivity index (χ0n) is 11.8. The Kier molecular flexibility index (Phi) is 2.67. The minimum absolute atomic E-state index is 0.313. The van der Waals surface area contributed by atoms with Crippen LogP contribution in [-0.2, 0) is 0 Å². The summed E-state index contributed by atoms with van der Waals surface area (Å²) in [4.78, 5) is 16.1. The minimum atomic E-state index is -0.432. The van der Waals surface area contributed by atoms with Crippen LogP contribution in [0.4, 0.5) is 4.39 Å². The van der Waals surface area contributed by atoms with E-state index in [9.17, 15) is 9.18 Å². The number of aromatic nitrogens is 3. The van der Waals surface area contributed by atoms with Crippen LogP contribution in [0.1, 0.15) is 11.3 Å². The van der Waals surface area contributed by atoms with Crippen LogP contribution in [0.3, 0.4) is 0 Å². The lowest BCUT2D eigenvalue weighted by molar-refractivity contribution is 0.534. The standard InChI is InChI=1S/C15H10FN3O2S/c1-7-5-12(20)21-14-13(7)8(2)18-19(14)15-17-10-4-3-9(16)6-11(10)22-15/h3-6H,1-2H3. The fourth-order valence-corrected chi connectivity index (χ4v) is 3.48. The number of hydrogen-bond donors (Lipinski definition) is 0. The fraction of sp³-hybridized carbons (Fsp3) is 0.133. The van der Waals surface area contributed by atoms with Crippen molar-refractivity contribution in [3.63, 3.8) is 0 Å². The number of fused-ring (bicyclic) bond motifs is 2. The van der Waals surface area contributed by atoms with E-state index >= 15 is 0 Å². The average Bonchev–Trinajstić information content (AvgIpc) is 2.99. The van der Waals surface area contributed by atoms with Gasteiger partial charge in [-0.2, -0.15) is 9.78 Å². The Morgan fingerprint density at radius 2 is 2.09 bits per heavy atom. The Morgan fingerprint density at radius 3 is 2.91 bits per heavy atom. The van der Waals surface area contributed by atoms with Gasteiger partial charge in [0.05, 0.1) is 21.3 Å². The van der Waals surface area contributed by atoms with Crippen molar-refractivity contribution < 1.29 is 8.81 Å². The van der Waals surface area contributed by atoms with Crippen LogP contribution in [0, 0.1) is 19.7 Å². The van der Waals surface area contributed by atoms with Gasteiger partial charge in [0.2, 0.25) is 10.8 Å². The second-order valence-electron chi connectivity index (χ2n) is 5.03.